The summed E-state index contributed by atoms with van der Waals surface area (Å²) < 4.78 is 0. The van der Waals surface area contributed by atoms with Gasteiger partial charge in [-0.1, -0.05) is 11.8 Å². The van der Waals surface area contributed by atoms with Gasteiger partial charge in [-0.05, 0) is 31.6 Å². The molecular formula is C24H23BIrN5O-4. The van der Waals surface area contributed by atoms with E-state index in [4.69, 9.17) is 4.79 Å². The maximum absolute atomic E-state index is 7.75. The number of hydrogen-bond acceptors (Lipinski definition) is 6. The van der Waals surface area contributed by atoms with Crippen molar-refractivity contribution in [1.29, 1.82) is 0 Å². The van der Waals surface area contributed by atoms with Gasteiger partial charge in [0.15, 0.2) is 0 Å². The Morgan fingerprint density at radius 2 is 1.56 bits per heavy atom. The Labute approximate surface area is 204 Å². The molecule has 1 saturated heterocycles. The number of rotatable bonds is 3. The van der Waals surface area contributed by atoms with E-state index in [9.17, 15) is 0 Å². The average molecular weight is 601 g/mol. The summed E-state index contributed by atoms with van der Waals surface area (Å²) in [4.78, 5) is 20.5. The normalized spacial score (nSPS) is 13.9. The van der Waals surface area contributed by atoms with Crippen LogP contribution in [0.5, 0.6) is 0 Å². The van der Waals surface area contributed by atoms with Gasteiger partial charge in [-0.15, -0.1) is 11.8 Å². The zero-order valence-electron chi connectivity index (χ0n) is 17.7. The maximum atomic E-state index is 7.75. The zero-order valence-corrected chi connectivity index (χ0v) is 20.1. The second-order valence-electron chi connectivity index (χ2n) is 6.67. The van der Waals surface area contributed by atoms with Gasteiger partial charge >= 0.3 is 7.55 Å². The van der Waals surface area contributed by atoms with Crippen LogP contribution in [0.2, 0.25) is 0 Å². The summed E-state index contributed by atoms with van der Waals surface area (Å²) in [6, 6.07) is 28.3. The minimum absolute atomic E-state index is 0. The molecule has 6 nitrogen and oxygen atoms in total. The molecule has 1 fully saturated rings. The van der Waals surface area contributed by atoms with Crippen molar-refractivity contribution in [2.45, 2.75) is 0 Å². The molecule has 0 saturated carbocycles. The summed E-state index contributed by atoms with van der Waals surface area (Å²) in [5.74, 6) is 0.992. The van der Waals surface area contributed by atoms with Crippen molar-refractivity contribution in [2.75, 3.05) is 34.7 Å². The second kappa shape index (κ2) is 13.4. The molecule has 166 valence electrons. The Bertz CT molecular complexity index is 887. The molecule has 2 aliphatic rings. The number of benzene rings is 2. The standard InChI is InChI=1S/C13H12BN3.C10H10N2.CHO.Ir/c1-2-6-12(7-3-1)16-10-11-17(14-16)13-8-4-5-9-15-13;1-11-7-8-12(9-11)10-5-3-2-4-6-10;1-2;/h1-6,8-9H,10-11H2;2-5,7-9H,1H3;1H;/q-1;-2;-1;. The molecule has 0 aliphatic carbocycles. The van der Waals surface area contributed by atoms with E-state index < -0.39 is 0 Å². The van der Waals surface area contributed by atoms with E-state index in [2.05, 4.69) is 47.1 Å². The Morgan fingerprint density at radius 3 is 2.12 bits per heavy atom. The molecule has 3 aromatic rings. The van der Waals surface area contributed by atoms with E-state index in [1.54, 1.807) is 0 Å². The monoisotopic (exact) mass is 601 g/mol. The first kappa shape index (κ1) is 25.2. The molecule has 0 bridgehead atoms. The van der Waals surface area contributed by atoms with Crippen LogP contribution >= 0.6 is 0 Å². The summed E-state index contributed by atoms with van der Waals surface area (Å²) in [5, 5.41) is 0. The van der Waals surface area contributed by atoms with Gasteiger partial charge in [-0.25, -0.2) is 4.98 Å². The van der Waals surface area contributed by atoms with E-state index in [1.165, 1.54) is 0 Å². The van der Waals surface area contributed by atoms with E-state index >= 15 is 0 Å². The first-order chi connectivity index (χ1) is 15.3. The van der Waals surface area contributed by atoms with Gasteiger partial charge in [0.1, 0.15) is 5.82 Å². The van der Waals surface area contributed by atoms with Crippen LogP contribution in [0, 0.1) is 18.8 Å². The predicted molar refractivity (Wildman–Crippen MR) is 126 cm³/mol. The molecule has 3 heterocycles. The molecule has 0 amide bonds. The van der Waals surface area contributed by atoms with Gasteiger partial charge in [0.05, 0.1) is 0 Å². The molecule has 1 aromatic heterocycles. The van der Waals surface area contributed by atoms with Gasteiger partial charge in [0.2, 0.25) is 0 Å². The molecule has 32 heavy (non-hydrogen) atoms. The SMILES string of the molecule is CN1C=CN(c2[c-]cccc2)[CH-]1.[B]1N(c2[c-]cccc2)CCN1c1ccccn1.[CH-]=O.[Ir]. The third kappa shape index (κ3) is 6.97. The number of nitrogens with zero attached hydrogens (tertiary/aromatic N) is 5. The van der Waals surface area contributed by atoms with Crippen molar-refractivity contribution in [1.82, 2.24) is 9.88 Å². The number of anilines is 3. The first-order valence-electron chi connectivity index (χ1n) is 9.79. The topological polar surface area (TPSA) is 42.9 Å². The van der Waals surface area contributed by atoms with Crippen molar-refractivity contribution in [3.63, 3.8) is 0 Å². The van der Waals surface area contributed by atoms with Crippen LogP contribution in [0.3, 0.4) is 0 Å². The fourth-order valence-electron chi connectivity index (χ4n) is 3.08. The molecule has 2 aliphatic heterocycles. The van der Waals surface area contributed by atoms with Crippen molar-refractivity contribution in [3.8, 4) is 0 Å². The molecule has 0 atom stereocenters. The molecule has 5 rings (SSSR count). The van der Waals surface area contributed by atoms with Crippen molar-refractivity contribution in [2.24, 2.45) is 0 Å². The number of carbonyl (C=O) groups excluding carboxylic acids is 1. The van der Waals surface area contributed by atoms with E-state index in [0.29, 0.717) is 0 Å². The quantitative estimate of drug-likeness (QED) is 0.261. The maximum Gasteiger partial charge on any atom is 0.391 e. The summed E-state index contributed by atoms with van der Waals surface area (Å²) in [6.07, 6.45) is 5.83. The number of aromatic nitrogens is 1. The third-order valence-corrected chi connectivity index (χ3v) is 4.55. The van der Waals surface area contributed by atoms with Gasteiger partial charge in [0.25, 0.3) is 0 Å². The average Bonchev–Trinajstić information content (AvgIpc) is 3.52. The van der Waals surface area contributed by atoms with E-state index in [1.807, 2.05) is 103 Å². The molecular weight excluding hydrogens is 577 g/mol. The van der Waals surface area contributed by atoms with Crippen LogP contribution in [0.25, 0.3) is 0 Å². The summed E-state index contributed by atoms with van der Waals surface area (Å²) in [5.41, 5.74) is 2.17. The molecule has 0 unspecified atom stereocenters. The van der Waals surface area contributed by atoms with Crippen LogP contribution in [0.4, 0.5) is 17.2 Å². The van der Waals surface area contributed by atoms with E-state index in [-0.39, 0.29) is 20.1 Å². The molecule has 0 N–H and O–H groups in total. The van der Waals surface area contributed by atoms with Crippen LogP contribution in [0.1, 0.15) is 0 Å². The summed E-state index contributed by atoms with van der Waals surface area (Å²) >= 11 is 0. The second-order valence-corrected chi connectivity index (χ2v) is 6.67. The Morgan fingerprint density at radius 1 is 0.906 bits per heavy atom. The van der Waals surface area contributed by atoms with Crippen LogP contribution in [0.15, 0.2) is 85.3 Å². The number of para-hydroxylation sites is 2. The number of pyridine rings is 1. The largest absolute Gasteiger partial charge is 0.545 e. The Balaban J connectivity index is 0.000000214. The van der Waals surface area contributed by atoms with Crippen molar-refractivity contribution >= 4 is 31.5 Å². The minimum Gasteiger partial charge on any atom is -0.545 e. The summed E-state index contributed by atoms with van der Waals surface area (Å²) in [7, 11) is 4.09. The van der Waals surface area contributed by atoms with Gasteiger partial charge in [-0.3, -0.25) is 6.79 Å². The summed E-state index contributed by atoms with van der Waals surface area (Å²) in [6.45, 7) is 7.18. The van der Waals surface area contributed by atoms with Crippen molar-refractivity contribution < 1.29 is 24.9 Å². The van der Waals surface area contributed by atoms with Gasteiger partial charge < -0.3 is 24.2 Å². The molecule has 8 heteroatoms. The van der Waals surface area contributed by atoms with Crippen LogP contribution in [-0.2, 0) is 24.9 Å². The van der Waals surface area contributed by atoms with Crippen molar-refractivity contribution in [3.05, 3.63) is 104 Å². The van der Waals surface area contributed by atoms with Gasteiger partial charge in [0, 0.05) is 39.4 Å². The number of hydrogen-bond donors (Lipinski definition) is 0. The smallest absolute Gasteiger partial charge is 0.391 e. The molecule has 2 radical (unpaired) electrons. The minimum atomic E-state index is 0. The Hall–Kier alpha value is -3.09. The molecule has 0 spiro atoms. The Kier molecular flexibility index (Phi) is 10.5. The molecule has 2 aromatic carbocycles. The fraction of sp³-hybridized carbons (Fsp3) is 0.125. The van der Waals surface area contributed by atoms with Gasteiger partial charge in [-0.2, -0.15) is 61.3 Å². The first-order valence-corrected chi connectivity index (χ1v) is 9.79. The zero-order chi connectivity index (χ0) is 21.9. The van der Waals surface area contributed by atoms with Crippen LogP contribution in [-0.4, -0.2) is 44.4 Å². The fourth-order valence-corrected chi connectivity index (χ4v) is 3.08. The van der Waals surface area contributed by atoms with E-state index in [0.717, 1.165) is 30.3 Å². The third-order valence-electron chi connectivity index (χ3n) is 4.55. The predicted octanol–water partition coefficient (Wildman–Crippen LogP) is 3.30. The van der Waals surface area contributed by atoms with Crippen LogP contribution < -0.4 is 14.5 Å².